The number of H-pyrrole nitrogens is 1. The summed E-state index contributed by atoms with van der Waals surface area (Å²) in [5.74, 6) is 0.0848. The minimum atomic E-state index is -4.75. The van der Waals surface area contributed by atoms with Gasteiger partial charge in [-0.1, -0.05) is 35.7 Å². The minimum Gasteiger partial charge on any atom is -0.497 e. The van der Waals surface area contributed by atoms with Gasteiger partial charge >= 0.3 is 12.7 Å². The lowest BCUT2D eigenvalue weighted by Crippen LogP contribution is -2.22. The first-order valence-corrected chi connectivity index (χ1v) is 14.7. The van der Waals surface area contributed by atoms with Gasteiger partial charge in [0.25, 0.3) is 11.1 Å². The van der Waals surface area contributed by atoms with E-state index in [1.165, 1.54) is 71.7 Å². The quantitative estimate of drug-likeness (QED) is 0.161. The number of methoxy groups -OCH3 is 1. The summed E-state index contributed by atoms with van der Waals surface area (Å²) in [5, 5.41) is 0.437. The molecule has 3 aromatic carbocycles. The molecule has 0 aliphatic carbocycles. The van der Waals surface area contributed by atoms with Crippen LogP contribution in [0.25, 0.3) is 0 Å². The number of ether oxygens (including phenoxy) is 3. The number of alkyl halides is 6. The molecule has 0 aliphatic rings. The summed E-state index contributed by atoms with van der Waals surface area (Å²) in [7, 11) is 1.58. The summed E-state index contributed by atoms with van der Waals surface area (Å²) in [6.45, 7) is 0.358. The van der Waals surface area contributed by atoms with Crippen molar-refractivity contribution in [2.45, 2.75) is 39.1 Å². The summed E-state index contributed by atoms with van der Waals surface area (Å²) in [6.07, 6.45) is -3.56. The Morgan fingerprint density at radius 1 is 0.702 bits per heavy atom. The van der Waals surface area contributed by atoms with E-state index in [1.807, 2.05) is 24.3 Å². The van der Waals surface area contributed by atoms with E-state index >= 15 is 0 Å². The predicted octanol–water partition coefficient (Wildman–Crippen LogP) is 7.17. The first-order valence-electron chi connectivity index (χ1n) is 13.1. The van der Waals surface area contributed by atoms with Crippen molar-refractivity contribution >= 4 is 23.5 Å². The molecule has 2 aromatic heterocycles. The van der Waals surface area contributed by atoms with E-state index in [-0.39, 0.29) is 32.7 Å². The SMILES string of the molecule is COc1ccc(Cn2ccnc(Sc3ccc(OC(F)(F)F)cc3)c2=O)cc1.O=c1[nH]ccnc1Sc1ccc(OC(F)(F)F)cc1. The minimum absolute atomic E-state index is 0.215. The maximum atomic E-state index is 12.6. The number of nitrogens with one attached hydrogen (secondary N) is 1. The van der Waals surface area contributed by atoms with Crippen LogP contribution >= 0.6 is 23.5 Å². The number of rotatable bonds is 9. The fraction of sp³-hybridized carbons (Fsp3) is 0.133. The molecular formula is C30H22F6N4O5S2. The van der Waals surface area contributed by atoms with E-state index in [2.05, 4.69) is 24.4 Å². The predicted molar refractivity (Wildman–Crippen MR) is 160 cm³/mol. The van der Waals surface area contributed by atoms with Gasteiger partial charge in [0.2, 0.25) is 0 Å². The first-order chi connectivity index (χ1) is 22.3. The van der Waals surface area contributed by atoms with Crippen molar-refractivity contribution in [2.24, 2.45) is 0 Å². The zero-order chi connectivity index (χ0) is 34.0. The molecule has 0 amide bonds. The molecule has 0 bridgehead atoms. The van der Waals surface area contributed by atoms with E-state index in [0.717, 1.165) is 34.8 Å². The van der Waals surface area contributed by atoms with E-state index in [1.54, 1.807) is 13.3 Å². The van der Waals surface area contributed by atoms with Crippen molar-refractivity contribution in [3.05, 3.63) is 124 Å². The second kappa shape index (κ2) is 15.6. The molecule has 2 heterocycles. The van der Waals surface area contributed by atoms with Crippen molar-refractivity contribution in [2.75, 3.05) is 7.11 Å². The summed E-state index contributed by atoms with van der Waals surface area (Å²) in [6, 6.07) is 17.8. The standard InChI is InChI=1S/C19H15F3N2O3S.C11H7F3N2O2S/c1-26-14-4-2-13(3-5-14)12-24-11-10-23-17(18(24)25)28-16-8-6-15(7-9-16)27-19(20,21)22;12-11(13,14)18-7-1-3-8(4-2-7)19-10-9(17)15-5-6-16-10/h2-11H,12H2,1H3;1-6H,(H,15,17). The molecule has 17 heteroatoms. The Labute approximate surface area is 270 Å². The van der Waals surface area contributed by atoms with Crippen molar-refractivity contribution < 1.29 is 40.6 Å². The molecule has 5 aromatic rings. The molecule has 0 saturated heterocycles. The van der Waals surface area contributed by atoms with Crippen LogP contribution in [-0.2, 0) is 6.54 Å². The van der Waals surface area contributed by atoms with Crippen LogP contribution in [0.2, 0.25) is 0 Å². The van der Waals surface area contributed by atoms with Crippen LogP contribution in [0.1, 0.15) is 5.56 Å². The summed E-state index contributed by atoms with van der Waals surface area (Å²) in [4.78, 5) is 35.6. The Balaban J connectivity index is 0.000000229. The first kappa shape index (κ1) is 35.0. The second-order valence-electron chi connectivity index (χ2n) is 8.98. The molecule has 0 atom stereocenters. The van der Waals surface area contributed by atoms with Crippen LogP contribution < -0.4 is 25.3 Å². The van der Waals surface area contributed by atoms with E-state index in [4.69, 9.17) is 4.74 Å². The molecule has 0 radical (unpaired) electrons. The smallest absolute Gasteiger partial charge is 0.497 e. The number of halogens is 6. The highest BCUT2D eigenvalue weighted by Gasteiger charge is 2.31. The average molecular weight is 697 g/mol. The van der Waals surface area contributed by atoms with Gasteiger partial charge in [-0.15, -0.1) is 26.3 Å². The molecule has 0 saturated carbocycles. The fourth-order valence-corrected chi connectivity index (χ4v) is 5.18. The largest absolute Gasteiger partial charge is 0.573 e. The lowest BCUT2D eigenvalue weighted by molar-refractivity contribution is -0.275. The molecule has 0 fully saturated rings. The number of nitrogens with zero attached hydrogens (tertiary/aromatic N) is 3. The normalized spacial score (nSPS) is 11.3. The van der Waals surface area contributed by atoms with Crippen molar-refractivity contribution in [3.63, 3.8) is 0 Å². The molecule has 47 heavy (non-hydrogen) atoms. The van der Waals surface area contributed by atoms with Crippen LogP contribution in [0.4, 0.5) is 26.3 Å². The van der Waals surface area contributed by atoms with Gasteiger partial charge in [-0.25, -0.2) is 9.97 Å². The van der Waals surface area contributed by atoms with Crippen LogP contribution in [0, 0.1) is 0 Å². The fourth-order valence-electron chi connectivity index (χ4n) is 3.60. The molecule has 246 valence electrons. The maximum Gasteiger partial charge on any atom is 0.573 e. The van der Waals surface area contributed by atoms with E-state index < -0.39 is 12.7 Å². The zero-order valence-corrected chi connectivity index (χ0v) is 25.5. The zero-order valence-electron chi connectivity index (χ0n) is 23.9. The Kier molecular flexibility index (Phi) is 11.6. The highest BCUT2D eigenvalue weighted by molar-refractivity contribution is 7.99. The number of benzene rings is 3. The third-order valence-electron chi connectivity index (χ3n) is 5.61. The summed E-state index contributed by atoms with van der Waals surface area (Å²) >= 11 is 2.12. The maximum absolute atomic E-state index is 12.6. The molecular weight excluding hydrogens is 674 g/mol. The van der Waals surface area contributed by atoms with Crippen molar-refractivity contribution in [1.29, 1.82) is 0 Å². The van der Waals surface area contributed by atoms with Gasteiger partial charge in [-0.2, -0.15) is 0 Å². The van der Waals surface area contributed by atoms with Crippen LogP contribution in [0.5, 0.6) is 17.2 Å². The Morgan fingerprint density at radius 2 is 1.19 bits per heavy atom. The van der Waals surface area contributed by atoms with Gasteiger partial charge in [0, 0.05) is 34.6 Å². The number of hydrogen-bond donors (Lipinski definition) is 1. The van der Waals surface area contributed by atoms with E-state index in [9.17, 15) is 35.9 Å². The topological polar surface area (TPSA) is 108 Å². The van der Waals surface area contributed by atoms with Crippen LogP contribution in [0.3, 0.4) is 0 Å². The number of aromatic amines is 1. The average Bonchev–Trinajstić information content (AvgIpc) is 3.01. The lowest BCUT2D eigenvalue weighted by atomic mass is 10.2. The molecule has 9 nitrogen and oxygen atoms in total. The highest BCUT2D eigenvalue weighted by Crippen LogP contribution is 2.29. The van der Waals surface area contributed by atoms with Gasteiger partial charge in [-0.05, 0) is 66.2 Å². The van der Waals surface area contributed by atoms with Gasteiger partial charge in [-0.3, -0.25) is 9.59 Å². The molecule has 0 unspecified atom stereocenters. The Hall–Kier alpha value is -4.90. The molecule has 5 rings (SSSR count). The third kappa shape index (κ3) is 11.4. The molecule has 0 spiro atoms. The molecule has 1 N–H and O–H groups in total. The molecule has 0 aliphatic heterocycles. The number of hydrogen-bond acceptors (Lipinski definition) is 9. The lowest BCUT2D eigenvalue weighted by Gasteiger charge is -2.10. The van der Waals surface area contributed by atoms with Crippen LogP contribution in [-0.4, -0.2) is 39.4 Å². The van der Waals surface area contributed by atoms with E-state index in [0.29, 0.717) is 16.3 Å². The summed E-state index contributed by atoms with van der Waals surface area (Å²) < 4.78 is 86.7. The van der Waals surface area contributed by atoms with Crippen molar-refractivity contribution in [3.8, 4) is 17.2 Å². The highest BCUT2D eigenvalue weighted by atomic mass is 32.2. The van der Waals surface area contributed by atoms with Gasteiger partial charge in [0.05, 0.1) is 13.7 Å². The Bertz CT molecular complexity index is 1870. The monoisotopic (exact) mass is 696 g/mol. The third-order valence-corrected chi connectivity index (χ3v) is 7.59. The Morgan fingerprint density at radius 3 is 1.68 bits per heavy atom. The van der Waals surface area contributed by atoms with Crippen LogP contribution in [0.15, 0.2) is 127 Å². The summed E-state index contributed by atoms with van der Waals surface area (Å²) in [5.41, 5.74) is 0.265. The van der Waals surface area contributed by atoms with Gasteiger partial charge < -0.3 is 23.8 Å². The van der Waals surface area contributed by atoms with Gasteiger partial charge in [0.1, 0.15) is 17.2 Å². The van der Waals surface area contributed by atoms with Gasteiger partial charge in [0.15, 0.2) is 10.1 Å². The van der Waals surface area contributed by atoms with Crippen molar-refractivity contribution in [1.82, 2.24) is 19.5 Å². The second-order valence-corrected chi connectivity index (χ2v) is 11.1. The number of aromatic nitrogens is 4.